The fourth-order valence-corrected chi connectivity index (χ4v) is 1.01. The van der Waals surface area contributed by atoms with Gasteiger partial charge in [0.15, 0.2) is 0 Å². The lowest BCUT2D eigenvalue weighted by Crippen LogP contribution is -2.55. The number of halogens is 6. The van der Waals surface area contributed by atoms with Crippen molar-refractivity contribution in [1.29, 1.82) is 0 Å². The molecule has 0 aliphatic heterocycles. The van der Waals surface area contributed by atoms with Crippen LogP contribution >= 0.6 is 23.2 Å². The first-order chi connectivity index (χ1) is 6.06. The third-order valence-corrected chi connectivity index (χ3v) is 2.03. The first kappa shape index (κ1) is 13.7. The zero-order chi connectivity index (χ0) is 11.6. The second-order valence-electron chi connectivity index (χ2n) is 2.36. The molecule has 0 saturated carbocycles. The van der Waals surface area contributed by atoms with Crippen LogP contribution in [0.3, 0.4) is 0 Å². The largest absolute Gasteiger partial charge is 0.411 e. The zero-order valence-electron chi connectivity index (χ0n) is 6.39. The molecule has 0 saturated heterocycles. The predicted octanol–water partition coefficient (Wildman–Crippen LogP) is 2.23. The van der Waals surface area contributed by atoms with E-state index >= 15 is 0 Å². The lowest BCUT2D eigenvalue weighted by molar-refractivity contribution is -0.212. The second kappa shape index (κ2) is 4.08. The van der Waals surface area contributed by atoms with Crippen LogP contribution in [0.4, 0.5) is 17.6 Å². The van der Waals surface area contributed by atoms with Crippen LogP contribution < -0.4 is 0 Å². The van der Waals surface area contributed by atoms with Crippen LogP contribution in [-0.4, -0.2) is 32.9 Å². The molecule has 0 aromatic carbocycles. The van der Waals surface area contributed by atoms with Crippen molar-refractivity contribution in [3.63, 3.8) is 0 Å². The molecule has 3 nitrogen and oxygen atoms in total. The lowest BCUT2D eigenvalue weighted by atomic mass is 10.0. The van der Waals surface area contributed by atoms with Gasteiger partial charge < -0.3 is 10.3 Å². The molecule has 14 heavy (non-hydrogen) atoms. The fraction of sp³-hybridized carbons (Fsp3) is 0.800. The van der Waals surface area contributed by atoms with Gasteiger partial charge in [0.2, 0.25) is 5.60 Å². The molecule has 0 spiro atoms. The average molecular weight is 258 g/mol. The zero-order valence-corrected chi connectivity index (χ0v) is 7.91. The van der Waals surface area contributed by atoms with E-state index in [2.05, 4.69) is 28.4 Å². The highest BCUT2D eigenvalue weighted by Gasteiger charge is 2.66. The standard InChI is InChI=1S/C5H5Cl2F4NO2/c6-4(8,9)3(13,1-2-12-14)5(7,10)11/h2,13-14H,1H2/b12-2-. The van der Waals surface area contributed by atoms with Crippen LogP contribution in [0.1, 0.15) is 6.42 Å². The maximum absolute atomic E-state index is 12.4. The van der Waals surface area contributed by atoms with Crippen LogP contribution in [0, 0.1) is 0 Å². The number of hydrogen-bond donors (Lipinski definition) is 2. The Bertz CT molecular complexity index is 211. The minimum Gasteiger partial charge on any atom is -0.411 e. The highest BCUT2D eigenvalue weighted by Crippen LogP contribution is 2.47. The van der Waals surface area contributed by atoms with Gasteiger partial charge in [-0.25, -0.2) is 0 Å². The maximum atomic E-state index is 12.4. The van der Waals surface area contributed by atoms with Crippen LogP contribution in [0.5, 0.6) is 0 Å². The Hall–Kier alpha value is -0.270. The van der Waals surface area contributed by atoms with E-state index in [-0.39, 0.29) is 6.21 Å². The van der Waals surface area contributed by atoms with E-state index in [1.165, 1.54) is 0 Å². The van der Waals surface area contributed by atoms with Crippen molar-refractivity contribution >= 4 is 29.4 Å². The summed E-state index contributed by atoms with van der Waals surface area (Å²) in [5.41, 5.74) is -4.02. The topological polar surface area (TPSA) is 52.8 Å². The van der Waals surface area contributed by atoms with Crippen LogP contribution in [0.25, 0.3) is 0 Å². The third-order valence-electron chi connectivity index (χ3n) is 1.41. The maximum Gasteiger partial charge on any atom is 0.357 e. The van der Waals surface area contributed by atoms with E-state index in [1.54, 1.807) is 0 Å². The van der Waals surface area contributed by atoms with E-state index in [9.17, 15) is 17.6 Å². The summed E-state index contributed by atoms with van der Waals surface area (Å²) < 4.78 is 49.6. The molecule has 0 aliphatic rings. The molecule has 0 rings (SSSR count). The third kappa shape index (κ3) is 2.61. The Morgan fingerprint density at radius 3 is 1.71 bits per heavy atom. The summed E-state index contributed by atoms with van der Waals surface area (Å²) in [5.74, 6) is 0. The Kier molecular flexibility index (Phi) is 4.00. The van der Waals surface area contributed by atoms with Gasteiger partial charge >= 0.3 is 10.8 Å². The van der Waals surface area contributed by atoms with Gasteiger partial charge in [0.1, 0.15) is 0 Å². The van der Waals surface area contributed by atoms with Gasteiger partial charge in [-0.3, -0.25) is 0 Å². The fourth-order valence-electron chi connectivity index (χ4n) is 0.565. The summed E-state index contributed by atoms with van der Waals surface area (Å²) in [7, 11) is 0. The van der Waals surface area contributed by atoms with Crippen molar-refractivity contribution in [1.82, 2.24) is 0 Å². The molecule has 0 atom stereocenters. The van der Waals surface area contributed by atoms with Crippen molar-refractivity contribution in [2.45, 2.75) is 22.8 Å². The second-order valence-corrected chi connectivity index (χ2v) is 3.31. The molecule has 84 valence electrons. The van der Waals surface area contributed by atoms with Gasteiger partial charge in [0.05, 0.1) is 0 Å². The van der Waals surface area contributed by atoms with Crippen molar-refractivity contribution in [3.8, 4) is 0 Å². The van der Waals surface area contributed by atoms with E-state index in [1.807, 2.05) is 0 Å². The predicted molar refractivity (Wildman–Crippen MR) is 41.4 cm³/mol. The Labute approximate surface area is 85.9 Å². The van der Waals surface area contributed by atoms with Crippen LogP contribution in [0.2, 0.25) is 0 Å². The Morgan fingerprint density at radius 1 is 1.14 bits per heavy atom. The summed E-state index contributed by atoms with van der Waals surface area (Å²) in [6.07, 6.45) is -1.18. The van der Waals surface area contributed by atoms with Gasteiger partial charge in [-0.05, 0) is 23.2 Å². The number of oxime groups is 1. The van der Waals surface area contributed by atoms with E-state index in [0.717, 1.165) is 0 Å². The van der Waals surface area contributed by atoms with Crippen molar-refractivity contribution in [3.05, 3.63) is 0 Å². The molecule has 0 aliphatic carbocycles. The summed E-state index contributed by atoms with van der Waals surface area (Å²) in [6.45, 7) is 0. The first-order valence-corrected chi connectivity index (χ1v) is 3.83. The normalized spacial score (nSPS) is 15.1. The van der Waals surface area contributed by atoms with Crippen LogP contribution in [-0.2, 0) is 0 Å². The lowest BCUT2D eigenvalue weighted by Gasteiger charge is -2.33. The highest BCUT2D eigenvalue weighted by molar-refractivity contribution is 6.26. The number of nitrogens with zero attached hydrogens (tertiary/aromatic N) is 1. The molecular weight excluding hydrogens is 253 g/mol. The number of alkyl halides is 6. The summed E-state index contributed by atoms with van der Waals surface area (Å²) in [6, 6.07) is 0. The quantitative estimate of drug-likeness (QED) is 0.267. The molecule has 0 fully saturated rings. The monoisotopic (exact) mass is 257 g/mol. The SMILES string of the molecule is O/N=C\CC(O)(C(F)(F)Cl)C(F)(F)Cl. The van der Waals surface area contributed by atoms with Crippen LogP contribution in [0.15, 0.2) is 5.16 Å². The molecule has 0 unspecified atom stereocenters. The van der Waals surface area contributed by atoms with Gasteiger partial charge in [-0.2, -0.15) is 17.6 Å². The summed E-state index contributed by atoms with van der Waals surface area (Å²) >= 11 is 8.54. The molecule has 0 aromatic rings. The molecule has 0 amide bonds. The molecular formula is C5H5Cl2F4NO2. The van der Waals surface area contributed by atoms with E-state index in [4.69, 9.17) is 10.3 Å². The van der Waals surface area contributed by atoms with E-state index in [0.29, 0.717) is 0 Å². The Morgan fingerprint density at radius 2 is 1.50 bits per heavy atom. The summed E-state index contributed by atoms with van der Waals surface area (Å²) in [5, 5.41) is 9.54. The summed E-state index contributed by atoms with van der Waals surface area (Å²) in [4.78, 5) is 0. The van der Waals surface area contributed by atoms with E-state index < -0.39 is 22.8 Å². The van der Waals surface area contributed by atoms with Gasteiger partial charge in [-0.1, -0.05) is 0 Å². The van der Waals surface area contributed by atoms with Crippen molar-refractivity contribution < 1.29 is 27.9 Å². The smallest absolute Gasteiger partial charge is 0.357 e. The highest BCUT2D eigenvalue weighted by atomic mass is 35.5. The van der Waals surface area contributed by atoms with Gasteiger partial charge in [0.25, 0.3) is 0 Å². The first-order valence-electron chi connectivity index (χ1n) is 3.08. The van der Waals surface area contributed by atoms with Gasteiger partial charge in [0, 0.05) is 12.6 Å². The van der Waals surface area contributed by atoms with Crippen molar-refractivity contribution in [2.75, 3.05) is 0 Å². The van der Waals surface area contributed by atoms with Gasteiger partial charge in [-0.15, -0.1) is 5.16 Å². The number of aliphatic hydroxyl groups is 1. The average Bonchev–Trinajstić information content (AvgIpc) is 1.95. The Balaban J connectivity index is 5.07. The number of hydrogen-bond acceptors (Lipinski definition) is 3. The minimum absolute atomic E-state index is 0.229. The number of rotatable bonds is 4. The molecule has 0 bridgehead atoms. The molecule has 0 aromatic heterocycles. The van der Waals surface area contributed by atoms with Crippen molar-refractivity contribution in [2.24, 2.45) is 5.16 Å². The molecule has 0 radical (unpaired) electrons. The molecule has 0 heterocycles. The molecule has 9 heteroatoms. The minimum atomic E-state index is -4.67. The molecule has 2 N–H and O–H groups in total.